The fourth-order valence-electron chi connectivity index (χ4n) is 3.60. The summed E-state index contributed by atoms with van der Waals surface area (Å²) in [6.45, 7) is 7.63. The Morgan fingerprint density at radius 3 is 2.76 bits per heavy atom. The topological polar surface area (TPSA) is 80.6 Å². The average molecular weight is 348 g/mol. The molecule has 0 amide bonds. The second-order valence-electron chi connectivity index (χ2n) is 7.95. The summed E-state index contributed by atoms with van der Waals surface area (Å²) in [5.41, 5.74) is -0.299. The van der Waals surface area contributed by atoms with Gasteiger partial charge in [0.2, 0.25) is 0 Å². The van der Waals surface area contributed by atoms with Crippen molar-refractivity contribution in [2.24, 2.45) is 5.41 Å². The van der Waals surface area contributed by atoms with Gasteiger partial charge in [-0.05, 0) is 44.2 Å². The summed E-state index contributed by atoms with van der Waals surface area (Å²) in [7, 11) is 0. The lowest BCUT2D eigenvalue weighted by Gasteiger charge is -2.47. The molecule has 1 saturated carbocycles. The first-order valence-electron chi connectivity index (χ1n) is 9.12. The fourth-order valence-corrected chi connectivity index (χ4v) is 3.60. The van der Waals surface area contributed by atoms with E-state index in [1.54, 1.807) is 19.2 Å². The highest BCUT2D eigenvalue weighted by Gasteiger charge is 2.45. The Kier molecular flexibility index (Phi) is 4.77. The lowest BCUT2D eigenvalue weighted by molar-refractivity contribution is -0.0998. The van der Waals surface area contributed by atoms with Crippen molar-refractivity contribution in [2.45, 2.75) is 58.1 Å². The zero-order valence-corrected chi connectivity index (χ0v) is 15.3. The third-order valence-electron chi connectivity index (χ3n) is 5.64. The Morgan fingerprint density at radius 2 is 2.16 bits per heavy atom. The molecule has 1 atom stereocenters. The number of hydrogen-bond acceptors (Lipinski definition) is 5. The summed E-state index contributed by atoms with van der Waals surface area (Å²) in [5, 5.41) is 14.5. The lowest BCUT2D eigenvalue weighted by Crippen LogP contribution is -2.58. The van der Waals surface area contributed by atoms with Crippen LogP contribution in [0.25, 0.3) is 0 Å². The molecule has 0 unspecified atom stereocenters. The van der Waals surface area contributed by atoms with E-state index in [0.717, 1.165) is 18.4 Å². The van der Waals surface area contributed by atoms with Crippen LogP contribution in [0.2, 0.25) is 0 Å². The molecule has 6 nitrogen and oxygen atoms in total. The van der Waals surface area contributed by atoms with Gasteiger partial charge < -0.3 is 19.7 Å². The van der Waals surface area contributed by atoms with Crippen LogP contribution in [0.3, 0.4) is 0 Å². The summed E-state index contributed by atoms with van der Waals surface area (Å²) in [6, 6.07) is 1.56. The van der Waals surface area contributed by atoms with Crippen molar-refractivity contribution in [3.63, 3.8) is 0 Å². The number of nitrogens with one attached hydrogen (secondary N) is 1. The Labute approximate surface area is 148 Å². The quantitative estimate of drug-likeness (QED) is 0.791. The zero-order chi connectivity index (χ0) is 18.2. The molecule has 6 heteroatoms. The van der Waals surface area contributed by atoms with Gasteiger partial charge in [0.1, 0.15) is 0 Å². The number of carbonyl (C=O) groups is 1. The fraction of sp³-hybridized carbons (Fsp3) is 0.684. The molecule has 138 valence electrons. The third kappa shape index (κ3) is 3.51. The van der Waals surface area contributed by atoms with Crippen LogP contribution in [-0.2, 0) is 11.3 Å². The second kappa shape index (κ2) is 6.57. The Balaban J connectivity index is 1.97. The molecule has 3 rings (SSSR count). The molecule has 2 heterocycles. The number of esters is 1. The van der Waals surface area contributed by atoms with E-state index in [1.165, 1.54) is 4.57 Å². The van der Waals surface area contributed by atoms with Crippen LogP contribution >= 0.6 is 0 Å². The number of ether oxygens (including phenoxy) is 1. The zero-order valence-electron chi connectivity index (χ0n) is 15.3. The molecule has 1 aromatic heterocycles. The van der Waals surface area contributed by atoms with Crippen LogP contribution < -0.4 is 10.9 Å². The Hall–Kier alpha value is -1.66. The number of pyridine rings is 1. The van der Waals surface area contributed by atoms with E-state index >= 15 is 0 Å². The van der Waals surface area contributed by atoms with Crippen molar-refractivity contribution >= 4 is 5.97 Å². The predicted molar refractivity (Wildman–Crippen MR) is 94.9 cm³/mol. The molecule has 2 aliphatic rings. The highest BCUT2D eigenvalue weighted by molar-refractivity contribution is 5.91. The highest BCUT2D eigenvalue weighted by Crippen LogP contribution is 2.41. The van der Waals surface area contributed by atoms with Crippen LogP contribution in [0.15, 0.2) is 17.1 Å². The minimum Gasteiger partial charge on any atom is -0.462 e. The summed E-state index contributed by atoms with van der Waals surface area (Å²) in [5.74, 6) is -0.116. The summed E-state index contributed by atoms with van der Waals surface area (Å²) >= 11 is 0. The van der Waals surface area contributed by atoms with E-state index in [4.69, 9.17) is 4.74 Å². The van der Waals surface area contributed by atoms with Crippen LogP contribution in [0.5, 0.6) is 0 Å². The van der Waals surface area contributed by atoms with Gasteiger partial charge in [0.15, 0.2) is 0 Å². The SMILES string of the molecule is CCOC(=O)c1cn(C[C@]2(O)CCNCC2(C)C)c(=O)cc1C1CC1. The highest BCUT2D eigenvalue weighted by atomic mass is 16.5. The summed E-state index contributed by atoms with van der Waals surface area (Å²) < 4.78 is 6.65. The van der Waals surface area contributed by atoms with Crippen molar-refractivity contribution in [2.75, 3.05) is 19.7 Å². The van der Waals surface area contributed by atoms with Gasteiger partial charge in [-0.2, -0.15) is 0 Å². The van der Waals surface area contributed by atoms with Gasteiger partial charge in [0.05, 0.1) is 24.3 Å². The lowest BCUT2D eigenvalue weighted by atomic mass is 9.70. The van der Waals surface area contributed by atoms with Crippen LogP contribution in [-0.4, -0.2) is 40.9 Å². The van der Waals surface area contributed by atoms with E-state index in [-0.39, 0.29) is 23.4 Å². The van der Waals surface area contributed by atoms with E-state index < -0.39 is 11.6 Å². The molecule has 0 aromatic carbocycles. The first-order chi connectivity index (χ1) is 11.8. The van der Waals surface area contributed by atoms with Gasteiger partial charge >= 0.3 is 5.97 Å². The first-order valence-corrected chi connectivity index (χ1v) is 9.12. The summed E-state index contributed by atoms with van der Waals surface area (Å²) in [4.78, 5) is 25.0. The maximum atomic E-state index is 12.6. The molecule has 1 saturated heterocycles. The molecular formula is C19H28N2O4. The van der Waals surface area contributed by atoms with Gasteiger partial charge in [-0.25, -0.2) is 4.79 Å². The van der Waals surface area contributed by atoms with Crippen molar-refractivity contribution < 1.29 is 14.6 Å². The average Bonchev–Trinajstić information content (AvgIpc) is 3.37. The van der Waals surface area contributed by atoms with Crippen LogP contribution in [0.1, 0.15) is 61.9 Å². The number of aliphatic hydroxyl groups is 1. The number of piperidine rings is 1. The number of nitrogens with zero attached hydrogens (tertiary/aromatic N) is 1. The molecule has 25 heavy (non-hydrogen) atoms. The van der Waals surface area contributed by atoms with Crippen LogP contribution in [0, 0.1) is 5.41 Å². The monoisotopic (exact) mass is 348 g/mol. The molecule has 1 aliphatic carbocycles. The largest absolute Gasteiger partial charge is 0.462 e. The van der Waals surface area contributed by atoms with E-state index in [1.807, 2.05) is 13.8 Å². The van der Waals surface area contributed by atoms with Gasteiger partial charge in [0, 0.05) is 24.2 Å². The number of rotatable bonds is 5. The van der Waals surface area contributed by atoms with Gasteiger partial charge in [-0.15, -0.1) is 0 Å². The molecule has 1 aliphatic heterocycles. The van der Waals surface area contributed by atoms with Crippen molar-refractivity contribution in [1.29, 1.82) is 0 Å². The van der Waals surface area contributed by atoms with Crippen LogP contribution in [0.4, 0.5) is 0 Å². The molecule has 2 N–H and O–H groups in total. The maximum absolute atomic E-state index is 12.6. The number of hydrogen-bond donors (Lipinski definition) is 2. The summed E-state index contributed by atoms with van der Waals surface area (Å²) in [6.07, 6.45) is 4.15. The van der Waals surface area contributed by atoms with Crippen molar-refractivity contribution in [3.8, 4) is 0 Å². The van der Waals surface area contributed by atoms with E-state index in [0.29, 0.717) is 31.7 Å². The molecular weight excluding hydrogens is 320 g/mol. The standard InChI is InChI=1S/C19H28N2O4/c1-4-25-17(23)15-10-21(16(22)9-14(15)13-5-6-13)12-19(24)7-8-20-11-18(19,2)3/h9-10,13,20,24H,4-8,11-12H2,1-3H3/t19-/m1/s1. The van der Waals surface area contributed by atoms with Gasteiger partial charge in [-0.1, -0.05) is 13.8 Å². The molecule has 0 spiro atoms. The maximum Gasteiger partial charge on any atom is 0.339 e. The first kappa shape index (κ1) is 18.1. The molecule has 1 aromatic rings. The molecule has 2 fully saturated rings. The van der Waals surface area contributed by atoms with Crippen molar-refractivity contribution in [3.05, 3.63) is 33.7 Å². The minimum absolute atomic E-state index is 0.169. The number of aromatic nitrogens is 1. The molecule has 0 bridgehead atoms. The van der Waals surface area contributed by atoms with E-state index in [9.17, 15) is 14.7 Å². The van der Waals surface area contributed by atoms with Crippen molar-refractivity contribution in [1.82, 2.24) is 9.88 Å². The Morgan fingerprint density at radius 1 is 1.44 bits per heavy atom. The Bertz CT molecular complexity index is 721. The second-order valence-corrected chi connectivity index (χ2v) is 7.95. The molecule has 0 radical (unpaired) electrons. The smallest absolute Gasteiger partial charge is 0.339 e. The number of carbonyl (C=O) groups excluding carboxylic acids is 1. The van der Waals surface area contributed by atoms with E-state index in [2.05, 4.69) is 5.32 Å². The third-order valence-corrected chi connectivity index (χ3v) is 5.64. The predicted octanol–water partition coefficient (Wildman–Crippen LogP) is 1.65. The van der Waals surface area contributed by atoms with Gasteiger partial charge in [0.25, 0.3) is 5.56 Å². The minimum atomic E-state index is -1.00. The van der Waals surface area contributed by atoms with Gasteiger partial charge in [-0.3, -0.25) is 4.79 Å². The normalized spacial score (nSPS) is 25.6.